The Morgan fingerprint density at radius 3 is 3.10 bits per heavy atom. The van der Waals surface area contributed by atoms with Gasteiger partial charge < -0.3 is 15.2 Å². The lowest BCUT2D eigenvalue weighted by molar-refractivity contribution is -0.106. The Kier molecular flexibility index (Phi) is 4.33. The molecule has 4 nitrogen and oxygen atoms in total. The first kappa shape index (κ1) is 15.0. The van der Waals surface area contributed by atoms with E-state index in [4.69, 9.17) is 26.8 Å². The molecule has 114 valence electrons. The highest BCUT2D eigenvalue weighted by atomic mass is 35.5. The maximum Gasteiger partial charge on any atom is 0.339 e. The number of benzene rings is 1. The summed E-state index contributed by atoms with van der Waals surface area (Å²) in [6.07, 6.45) is 2.45. The highest BCUT2D eigenvalue weighted by Gasteiger charge is 2.41. The van der Waals surface area contributed by atoms with Gasteiger partial charge in [0, 0.05) is 24.3 Å². The highest BCUT2D eigenvalue weighted by molar-refractivity contribution is 7.99. The lowest BCUT2D eigenvalue weighted by Crippen LogP contribution is -2.43. The summed E-state index contributed by atoms with van der Waals surface area (Å²) in [4.78, 5) is 12.3. The van der Waals surface area contributed by atoms with Crippen LogP contribution in [0.15, 0.2) is 18.2 Å². The predicted molar refractivity (Wildman–Crippen MR) is 84.9 cm³/mol. The normalized spacial score (nSPS) is 28.7. The number of carbonyl (C=O) groups excluding carboxylic acids is 1. The van der Waals surface area contributed by atoms with Gasteiger partial charge in [0.15, 0.2) is 0 Å². The molecule has 2 atom stereocenters. The molecule has 0 aromatic heterocycles. The smallest absolute Gasteiger partial charge is 0.339 e. The lowest BCUT2D eigenvalue weighted by Gasteiger charge is -2.37. The molecule has 0 amide bonds. The van der Waals surface area contributed by atoms with Crippen molar-refractivity contribution in [3.8, 4) is 0 Å². The number of halogens is 1. The van der Waals surface area contributed by atoms with Crippen LogP contribution in [0.25, 0.3) is 0 Å². The van der Waals surface area contributed by atoms with E-state index >= 15 is 0 Å². The standard InChI is InChI=1S/C15H18ClNO3S/c16-13-7-10(17)1-2-12(13)14(18)20-11-3-5-19-15(8-11)4-6-21-9-15/h1-2,7,11H,3-6,8-9,17H2. The minimum absolute atomic E-state index is 0.0984. The second-order valence-corrected chi connectivity index (χ2v) is 7.11. The van der Waals surface area contributed by atoms with Gasteiger partial charge in [0.2, 0.25) is 0 Å². The van der Waals surface area contributed by atoms with Crippen molar-refractivity contribution in [1.82, 2.24) is 0 Å². The van der Waals surface area contributed by atoms with Crippen LogP contribution in [0.4, 0.5) is 5.69 Å². The molecular weight excluding hydrogens is 310 g/mol. The summed E-state index contributed by atoms with van der Waals surface area (Å²) < 4.78 is 11.6. The monoisotopic (exact) mass is 327 g/mol. The van der Waals surface area contributed by atoms with Gasteiger partial charge in [0.1, 0.15) is 6.10 Å². The van der Waals surface area contributed by atoms with E-state index in [1.54, 1.807) is 18.2 Å². The van der Waals surface area contributed by atoms with Gasteiger partial charge in [-0.3, -0.25) is 0 Å². The van der Waals surface area contributed by atoms with Crippen LogP contribution in [0, 0.1) is 0 Å². The molecule has 0 aliphatic carbocycles. The van der Waals surface area contributed by atoms with Gasteiger partial charge in [-0.2, -0.15) is 11.8 Å². The SMILES string of the molecule is Nc1ccc(C(=O)OC2CCOC3(CCSC3)C2)c(Cl)c1. The molecule has 2 fully saturated rings. The van der Waals surface area contributed by atoms with E-state index in [0.717, 1.165) is 30.8 Å². The van der Waals surface area contributed by atoms with Crippen LogP contribution < -0.4 is 5.73 Å². The van der Waals surface area contributed by atoms with Crippen molar-refractivity contribution in [2.24, 2.45) is 0 Å². The third kappa shape index (κ3) is 3.30. The van der Waals surface area contributed by atoms with Crippen LogP contribution in [-0.4, -0.2) is 35.8 Å². The number of nitrogen functional groups attached to an aromatic ring is 1. The fourth-order valence-electron chi connectivity index (χ4n) is 2.86. The molecule has 2 N–H and O–H groups in total. The van der Waals surface area contributed by atoms with Gasteiger partial charge in [-0.15, -0.1) is 0 Å². The summed E-state index contributed by atoms with van der Waals surface area (Å²) in [7, 11) is 0. The first-order valence-corrected chi connectivity index (χ1v) is 8.59. The fourth-order valence-corrected chi connectivity index (χ4v) is 4.50. The maximum atomic E-state index is 12.3. The molecule has 2 heterocycles. The van der Waals surface area contributed by atoms with Crippen molar-refractivity contribution in [3.63, 3.8) is 0 Å². The van der Waals surface area contributed by atoms with E-state index in [2.05, 4.69) is 0 Å². The average molecular weight is 328 g/mol. The first-order chi connectivity index (χ1) is 10.1. The van der Waals surface area contributed by atoms with E-state index in [-0.39, 0.29) is 17.7 Å². The summed E-state index contributed by atoms with van der Waals surface area (Å²) in [6, 6.07) is 4.83. The third-order valence-corrected chi connectivity index (χ3v) is 5.54. The average Bonchev–Trinajstić information content (AvgIpc) is 2.86. The molecule has 1 aromatic rings. The molecule has 3 rings (SSSR count). The zero-order valence-corrected chi connectivity index (χ0v) is 13.2. The third-order valence-electron chi connectivity index (χ3n) is 4.00. The van der Waals surface area contributed by atoms with Crippen molar-refractivity contribution in [2.45, 2.75) is 31.0 Å². The molecule has 6 heteroatoms. The summed E-state index contributed by atoms with van der Waals surface area (Å²) in [5.74, 6) is 1.72. The lowest BCUT2D eigenvalue weighted by atomic mass is 9.91. The molecule has 2 unspecified atom stereocenters. The Bertz CT molecular complexity index is 546. The molecule has 0 radical (unpaired) electrons. The number of rotatable bonds is 2. The summed E-state index contributed by atoms with van der Waals surface area (Å²) in [6.45, 7) is 0.647. The second kappa shape index (κ2) is 6.07. The van der Waals surface area contributed by atoms with E-state index < -0.39 is 0 Å². The minimum Gasteiger partial charge on any atom is -0.459 e. The number of nitrogens with two attached hydrogens (primary N) is 1. The number of hydrogen-bond donors (Lipinski definition) is 1. The molecular formula is C15H18ClNO3S. The highest BCUT2D eigenvalue weighted by Crippen LogP contribution is 2.39. The van der Waals surface area contributed by atoms with Crippen LogP contribution in [0.2, 0.25) is 5.02 Å². The number of esters is 1. The van der Waals surface area contributed by atoms with Crippen LogP contribution in [-0.2, 0) is 9.47 Å². The zero-order valence-electron chi connectivity index (χ0n) is 11.6. The molecule has 1 spiro atoms. The van der Waals surface area contributed by atoms with Crippen molar-refractivity contribution in [1.29, 1.82) is 0 Å². The summed E-state index contributed by atoms with van der Waals surface area (Å²) in [5, 5.41) is 0.332. The molecule has 0 bridgehead atoms. The van der Waals surface area contributed by atoms with Crippen molar-refractivity contribution < 1.29 is 14.3 Å². The number of carbonyl (C=O) groups is 1. The number of hydrogen-bond acceptors (Lipinski definition) is 5. The molecule has 2 saturated heterocycles. The van der Waals surface area contributed by atoms with Crippen LogP contribution in [0.1, 0.15) is 29.6 Å². The Morgan fingerprint density at radius 2 is 2.38 bits per heavy atom. The van der Waals surface area contributed by atoms with E-state index in [1.807, 2.05) is 11.8 Å². The fraction of sp³-hybridized carbons (Fsp3) is 0.533. The van der Waals surface area contributed by atoms with Gasteiger partial charge in [-0.05, 0) is 30.4 Å². The number of thioether (sulfide) groups is 1. The second-order valence-electron chi connectivity index (χ2n) is 5.59. The van der Waals surface area contributed by atoms with Gasteiger partial charge >= 0.3 is 5.97 Å². The van der Waals surface area contributed by atoms with Crippen LogP contribution >= 0.6 is 23.4 Å². The van der Waals surface area contributed by atoms with E-state index in [0.29, 0.717) is 22.9 Å². The van der Waals surface area contributed by atoms with Gasteiger partial charge in [0.25, 0.3) is 0 Å². The maximum absolute atomic E-state index is 12.3. The summed E-state index contributed by atoms with van der Waals surface area (Å²) in [5.41, 5.74) is 6.44. The zero-order chi connectivity index (χ0) is 14.9. The molecule has 0 saturated carbocycles. The van der Waals surface area contributed by atoms with Crippen LogP contribution in [0.5, 0.6) is 0 Å². The Morgan fingerprint density at radius 1 is 1.52 bits per heavy atom. The largest absolute Gasteiger partial charge is 0.459 e. The molecule has 2 aliphatic rings. The van der Waals surface area contributed by atoms with Crippen molar-refractivity contribution >= 4 is 35.0 Å². The molecule has 21 heavy (non-hydrogen) atoms. The van der Waals surface area contributed by atoms with Crippen LogP contribution in [0.3, 0.4) is 0 Å². The quantitative estimate of drug-likeness (QED) is 0.668. The number of anilines is 1. The Labute approximate surface area is 133 Å². The molecule has 1 aromatic carbocycles. The van der Waals surface area contributed by atoms with Gasteiger partial charge in [0.05, 0.1) is 22.8 Å². The summed E-state index contributed by atoms with van der Waals surface area (Å²) >= 11 is 7.95. The Balaban J connectivity index is 1.67. The number of ether oxygens (including phenoxy) is 2. The molecule has 2 aliphatic heterocycles. The predicted octanol–water partition coefficient (Wildman–Crippen LogP) is 3.13. The van der Waals surface area contributed by atoms with E-state index in [9.17, 15) is 4.79 Å². The Hall–Kier alpha value is -0.910. The van der Waals surface area contributed by atoms with E-state index in [1.165, 1.54) is 0 Å². The minimum atomic E-state index is -0.382. The van der Waals surface area contributed by atoms with Crippen molar-refractivity contribution in [2.75, 3.05) is 23.8 Å². The van der Waals surface area contributed by atoms with Gasteiger partial charge in [-0.25, -0.2) is 4.79 Å². The van der Waals surface area contributed by atoms with Gasteiger partial charge in [-0.1, -0.05) is 11.6 Å². The first-order valence-electron chi connectivity index (χ1n) is 7.06. The topological polar surface area (TPSA) is 61.6 Å². The van der Waals surface area contributed by atoms with Crippen molar-refractivity contribution in [3.05, 3.63) is 28.8 Å².